The third-order valence-corrected chi connectivity index (χ3v) is 8.83. The van der Waals surface area contributed by atoms with Crippen LogP contribution in [0.5, 0.6) is 0 Å². The molecule has 5 atom stereocenters. The van der Waals surface area contributed by atoms with E-state index < -0.39 is 6.10 Å². The van der Waals surface area contributed by atoms with Crippen LogP contribution in [0, 0.1) is 17.8 Å². The Morgan fingerprint density at radius 2 is 1.92 bits per heavy atom. The third-order valence-electron chi connectivity index (χ3n) is 8.83. The van der Waals surface area contributed by atoms with Gasteiger partial charge in [0.25, 0.3) is 5.56 Å². The zero-order valence-corrected chi connectivity index (χ0v) is 22.7. The van der Waals surface area contributed by atoms with Crippen LogP contribution in [0.3, 0.4) is 0 Å². The summed E-state index contributed by atoms with van der Waals surface area (Å²) in [6.45, 7) is 4.38. The molecule has 1 N–H and O–H groups in total. The number of hydrogen-bond acceptors (Lipinski definition) is 4. The lowest BCUT2D eigenvalue weighted by Crippen LogP contribution is -2.49. The molecule has 6 heteroatoms. The number of piperidine rings is 1. The molecule has 204 valence electrons. The van der Waals surface area contributed by atoms with Crippen molar-refractivity contribution in [3.8, 4) is 0 Å². The first-order chi connectivity index (χ1) is 18.0. The number of nitrogens with zero attached hydrogens (tertiary/aromatic N) is 2. The summed E-state index contributed by atoms with van der Waals surface area (Å²) in [4.78, 5) is 39.6. The molecular formula is C31H46N2O4. The molecular weight excluding hydrogens is 464 g/mol. The number of unbranched alkanes of at least 4 members (excludes halogenated alkanes) is 5. The highest BCUT2D eigenvalue weighted by Gasteiger charge is 2.36. The van der Waals surface area contributed by atoms with Gasteiger partial charge in [-0.1, -0.05) is 63.7 Å². The molecule has 3 heterocycles. The minimum atomic E-state index is -0.391. The van der Waals surface area contributed by atoms with Crippen molar-refractivity contribution in [3.63, 3.8) is 0 Å². The number of aromatic nitrogens is 1. The van der Waals surface area contributed by atoms with E-state index in [0.717, 1.165) is 96.0 Å². The third kappa shape index (κ3) is 7.43. The van der Waals surface area contributed by atoms with Gasteiger partial charge in [0.2, 0.25) is 5.91 Å². The minimum Gasteiger partial charge on any atom is -0.389 e. The van der Waals surface area contributed by atoms with Crippen molar-refractivity contribution in [2.75, 3.05) is 13.1 Å². The van der Waals surface area contributed by atoms with E-state index in [2.05, 4.69) is 13.0 Å². The van der Waals surface area contributed by atoms with Crippen LogP contribution >= 0.6 is 0 Å². The molecule has 0 unspecified atom stereocenters. The predicted molar refractivity (Wildman–Crippen MR) is 146 cm³/mol. The quantitative estimate of drug-likeness (QED) is 0.291. The van der Waals surface area contributed by atoms with Crippen molar-refractivity contribution >= 4 is 11.7 Å². The molecule has 1 aliphatic carbocycles. The summed E-state index contributed by atoms with van der Waals surface area (Å²) < 4.78 is 1.91. The number of allylic oxidation sites excluding steroid dienone is 1. The fraction of sp³-hybridized carbons (Fsp3) is 0.710. The van der Waals surface area contributed by atoms with Crippen LogP contribution in [0.2, 0.25) is 0 Å². The molecule has 37 heavy (non-hydrogen) atoms. The Balaban J connectivity index is 1.14. The van der Waals surface area contributed by atoms with Crippen LogP contribution in [0.4, 0.5) is 0 Å². The Morgan fingerprint density at radius 3 is 2.76 bits per heavy atom. The summed E-state index contributed by atoms with van der Waals surface area (Å²) in [5.74, 6) is 1.64. The van der Waals surface area contributed by atoms with Gasteiger partial charge < -0.3 is 14.6 Å². The lowest BCUT2D eigenvalue weighted by Gasteiger charge is -2.42. The average molecular weight is 511 g/mol. The molecule has 1 amide bonds. The van der Waals surface area contributed by atoms with Gasteiger partial charge in [0.05, 0.1) is 6.10 Å². The maximum atomic E-state index is 12.9. The number of ketones is 1. The summed E-state index contributed by atoms with van der Waals surface area (Å²) in [6.07, 6.45) is 15.9. The Labute approximate surface area is 222 Å². The van der Waals surface area contributed by atoms with Crippen LogP contribution < -0.4 is 5.56 Å². The molecule has 0 aromatic carbocycles. The van der Waals surface area contributed by atoms with Gasteiger partial charge in [-0.3, -0.25) is 14.4 Å². The molecule has 6 nitrogen and oxygen atoms in total. The molecule has 1 aromatic rings. The summed E-state index contributed by atoms with van der Waals surface area (Å²) in [5, 5.41) is 10.2. The second-order valence-corrected chi connectivity index (χ2v) is 11.7. The first kappa shape index (κ1) is 27.8. The Morgan fingerprint density at radius 1 is 1.08 bits per heavy atom. The van der Waals surface area contributed by atoms with Crippen LogP contribution in [0.15, 0.2) is 35.1 Å². The number of carbonyl (C=O) groups excluding carboxylic acids is 2. The van der Waals surface area contributed by atoms with E-state index >= 15 is 0 Å². The topological polar surface area (TPSA) is 79.6 Å². The lowest BCUT2D eigenvalue weighted by molar-refractivity contribution is -0.134. The highest BCUT2D eigenvalue weighted by Crippen LogP contribution is 2.36. The fourth-order valence-electron chi connectivity index (χ4n) is 6.76. The van der Waals surface area contributed by atoms with Crippen LogP contribution in [0.25, 0.3) is 0 Å². The number of likely N-dealkylation sites (tertiary alicyclic amines) is 1. The molecule has 1 aromatic heterocycles. The standard InChI is InChI=1S/C31H46N2O4/c1-2-3-6-10-26(34)17-15-24-16-18-29(35)27(24)11-7-4-5-8-13-30(36)32-20-23-19-25(22-32)28-12-9-14-31(37)33(28)21-23/h9,12,14-15,17,23-27,34H,2-8,10-11,13,16,18-22H2,1H3/t23-,24-,25-,26+,27-/m1/s1. The Hall–Kier alpha value is -2.21. The minimum absolute atomic E-state index is 0.0774. The van der Waals surface area contributed by atoms with E-state index in [1.54, 1.807) is 6.07 Å². The first-order valence-electron chi connectivity index (χ1n) is 14.8. The van der Waals surface area contributed by atoms with E-state index in [1.807, 2.05) is 27.7 Å². The van der Waals surface area contributed by atoms with E-state index in [9.17, 15) is 19.5 Å². The van der Waals surface area contributed by atoms with Gasteiger partial charge in [-0.15, -0.1) is 0 Å². The monoisotopic (exact) mass is 510 g/mol. The second-order valence-electron chi connectivity index (χ2n) is 11.7. The maximum absolute atomic E-state index is 12.9. The summed E-state index contributed by atoms with van der Waals surface area (Å²) in [7, 11) is 0. The summed E-state index contributed by atoms with van der Waals surface area (Å²) in [5.41, 5.74) is 1.16. The predicted octanol–water partition coefficient (Wildman–Crippen LogP) is 5.23. The van der Waals surface area contributed by atoms with Gasteiger partial charge in [-0.2, -0.15) is 0 Å². The highest BCUT2D eigenvalue weighted by molar-refractivity contribution is 5.83. The molecule has 0 spiro atoms. The molecule has 0 radical (unpaired) electrons. The summed E-state index contributed by atoms with van der Waals surface area (Å²) in [6, 6.07) is 5.51. The number of Topliss-reactive ketones (excluding diaryl/α,β-unsaturated/α-hetero) is 1. The normalized spacial score (nSPS) is 26.0. The number of rotatable bonds is 13. The molecule has 1 saturated carbocycles. The Bertz CT molecular complexity index is 999. The number of aliphatic hydroxyl groups excluding tert-OH is 1. The van der Waals surface area contributed by atoms with E-state index in [4.69, 9.17) is 0 Å². The van der Waals surface area contributed by atoms with E-state index in [-0.39, 0.29) is 29.2 Å². The maximum Gasteiger partial charge on any atom is 0.250 e. The highest BCUT2D eigenvalue weighted by atomic mass is 16.3. The van der Waals surface area contributed by atoms with Gasteiger partial charge in [0.15, 0.2) is 0 Å². The Kier molecular flexibility index (Phi) is 10.2. The van der Waals surface area contributed by atoms with E-state index in [0.29, 0.717) is 24.5 Å². The number of pyridine rings is 1. The van der Waals surface area contributed by atoms with Crippen molar-refractivity contribution in [1.82, 2.24) is 9.47 Å². The molecule has 4 rings (SSSR count). The largest absolute Gasteiger partial charge is 0.389 e. The van der Waals surface area contributed by atoms with Gasteiger partial charge in [-0.25, -0.2) is 0 Å². The molecule has 3 aliphatic rings. The lowest BCUT2D eigenvalue weighted by atomic mass is 9.83. The van der Waals surface area contributed by atoms with Crippen LogP contribution in [-0.4, -0.2) is 45.5 Å². The number of fused-ring (bicyclic) bond motifs is 4. The van der Waals surface area contributed by atoms with Crippen LogP contribution in [0.1, 0.15) is 102 Å². The van der Waals surface area contributed by atoms with Crippen molar-refractivity contribution in [2.45, 2.75) is 109 Å². The molecule has 2 bridgehead atoms. The zero-order valence-electron chi connectivity index (χ0n) is 22.7. The molecule has 1 saturated heterocycles. The number of aliphatic hydroxyl groups is 1. The zero-order chi connectivity index (χ0) is 26.2. The number of carbonyl (C=O) groups is 2. The van der Waals surface area contributed by atoms with E-state index in [1.165, 1.54) is 0 Å². The van der Waals surface area contributed by atoms with Gasteiger partial charge >= 0.3 is 0 Å². The average Bonchev–Trinajstić information content (AvgIpc) is 3.24. The second kappa shape index (κ2) is 13.5. The van der Waals surface area contributed by atoms with Crippen LogP contribution in [-0.2, 0) is 16.1 Å². The van der Waals surface area contributed by atoms with Crippen molar-refractivity contribution in [2.24, 2.45) is 17.8 Å². The van der Waals surface area contributed by atoms with Gasteiger partial charge in [-0.05, 0) is 50.0 Å². The number of amides is 1. The fourth-order valence-corrected chi connectivity index (χ4v) is 6.76. The summed E-state index contributed by atoms with van der Waals surface area (Å²) >= 11 is 0. The molecule has 2 aliphatic heterocycles. The van der Waals surface area contributed by atoms with Gasteiger partial charge in [0, 0.05) is 56.1 Å². The molecule has 2 fully saturated rings. The van der Waals surface area contributed by atoms with Gasteiger partial charge in [0.1, 0.15) is 5.78 Å². The van der Waals surface area contributed by atoms with Crippen molar-refractivity contribution < 1.29 is 14.7 Å². The number of hydrogen-bond donors (Lipinski definition) is 1. The van der Waals surface area contributed by atoms with Crippen molar-refractivity contribution in [3.05, 3.63) is 46.4 Å². The smallest absolute Gasteiger partial charge is 0.250 e. The van der Waals surface area contributed by atoms with Crippen molar-refractivity contribution in [1.29, 1.82) is 0 Å². The first-order valence-corrected chi connectivity index (χ1v) is 14.8. The SMILES string of the molecule is CCCCC[C@H](O)C=C[C@@H]1CCC(=O)[C@@H]1CCCCCCC(=O)N1C[C@H]2C[C@H](C1)c1cccc(=O)n1C2.